The second-order valence-electron chi connectivity index (χ2n) is 5.06. The van der Waals surface area contributed by atoms with Gasteiger partial charge >= 0.3 is 0 Å². The van der Waals surface area contributed by atoms with Crippen molar-refractivity contribution in [2.75, 3.05) is 0 Å². The summed E-state index contributed by atoms with van der Waals surface area (Å²) in [4.78, 5) is 13.9. The molecular formula is C13H14BrN3O. The number of carbonyl (C=O) groups is 1. The first-order valence-corrected chi connectivity index (χ1v) is 6.40. The predicted octanol–water partition coefficient (Wildman–Crippen LogP) is 3.26. The standard InChI is InChI=1S/C13H14BrN3O/c1-13(2,3)12(18)10-8-9(14)4-5-11(10)17-15-6-7-16-17/h4-8H,1-3H3. The van der Waals surface area contributed by atoms with Crippen molar-refractivity contribution < 1.29 is 4.79 Å². The molecule has 18 heavy (non-hydrogen) atoms. The van der Waals surface area contributed by atoms with Crippen LogP contribution < -0.4 is 0 Å². The average molecular weight is 308 g/mol. The molecule has 0 spiro atoms. The molecule has 2 aromatic rings. The van der Waals surface area contributed by atoms with Crippen LogP contribution in [0.1, 0.15) is 31.1 Å². The van der Waals surface area contributed by atoms with Gasteiger partial charge in [0.15, 0.2) is 5.78 Å². The van der Waals surface area contributed by atoms with E-state index in [0.717, 1.165) is 4.47 Å². The fourth-order valence-corrected chi connectivity index (χ4v) is 1.97. The Morgan fingerprint density at radius 1 is 1.22 bits per heavy atom. The molecule has 0 aliphatic rings. The summed E-state index contributed by atoms with van der Waals surface area (Å²) in [5, 5.41) is 8.16. The van der Waals surface area contributed by atoms with Crippen LogP contribution in [0.3, 0.4) is 0 Å². The van der Waals surface area contributed by atoms with Gasteiger partial charge in [0.1, 0.15) is 0 Å². The Hall–Kier alpha value is -1.49. The van der Waals surface area contributed by atoms with Crippen molar-refractivity contribution >= 4 is 21.7 Å². The lowest BCUT2D eigenvalue weighted by atomic mass is 9.86. The minimum absolute atomic E-state index is 0.0658. The van der Waals surface area contributed by atoms with Gasteiger partial charge in [-0.05, 0) is 18.2 Å². The van der Waals surface area contributed by atoms with Crippen LogP contribution in [0.25, 0.3) is 5.69 Å². The molecule has 0 saturated carbocycles. The lowest BCUT2D eigenvalue weighted by Gasteiger charge is -2.18. The van der Waals surface area contributed by atoms with E-state index < -0.39 is 5.41 Å². The van der Waals surface area contributed by atoms with E-state index in [4.69, 9.17) is 0 Å². The zero-order valence-electron chi connectivity index (χ0n) is 10.5. The molecule has 4 nitrogen and oxygen atoms in total. The first kappa shape index (κ1) is 13.0. The Morgan fingerprint density at radius 3 is 2.39 bits per heavy atom. The molecule has 0 amide bonds. The highest BCUT2D eigenvalue weighted by molar-refractivity contribution is 9.10. The minimum Gasteiger partial charge on any atom is -0.294 e. The van der Waals surface area contributed by atoms with Crippen molar-refractivity contribution in [1.29, 1.82) is 0 Å². The smallest absolute Gasteiger partial charge is 0.170 e. The Morgan fingerprint density at radius 2 is 1.83 bits per heavy atom. The van der Waals surface area contributed by atoms with Gasteiger partial charge in [0.25, 0.3) is 0 Å². The number of benzene rings is 1. The summed E-state index contributed by atoms with van der Waals surface area (Å²) in [6, 6.07) is 5.52. The maximum absolute atomic E-state index is 12.4. The molecule has 0 unspecified atom stereocenters. The van der Waals surface area contributed by atoms with Crippen LogP contribution in [0.2, 0.25) is 0 Å². The van der Waals surface area contributed by atoms with Gasteiger partial charge in [0, 0.05) is 15.5 Å². The number of hydrogen-bond donors (Lipinski definition) is 0. The van der Waals surface area contributed by atoms with Gasteiger partial charge in [0.05, 0.1) is 18.1 Å². The van der Waals surface area contributed by atoms with Crippen molar-refractivity contribution in [2.24, 2.45) is 5.41 Å². The van der Waals surface area contributed by atoms with Gasteiger partial charge in [-0.2, -0.15) is 15.0 Å². The van der Waals surface area contributed by atoms with E-state index in [9.17, 15) is 4.79 Å². The molecule has 1 heterocycles. The summed E-state index contributed by atoms with van der Waals surface area (Å²) in [6.45, 7) is 5.70. The van der Waals surface area contributed by atoms with Gasteiger partial charge in [-0.15, -0.1) is 0 Å². The van der Waals surface area contributed by atoms with Crippen LogP contribution in [-0.4, -0.2) is 20.8 Å². The quantitative estimate of drug-likeness (QED) is 0.800. The Kier molecular flexibility index (Phi) is 3.34. The van der Waals surface area contributed by atoms with Gasteiger partial charge in [0.2, 0.25) is 0 Å². The Bertz CT molecular complexity index is 570. The highest BCUT2D eigenvalue weighted by atomic mass is 79.9. The number of hydrogen-bond acceptors (Lipinski definition) is 3. The zero-order chi connectivity index (χ0) is 13.3. The SMILES string of the molecule is CC(C)(C)C(=O)c1cc(Br)ccc1-n1nccn1. The van der Waals surface area contributed by atoms with Crippen molar-refractivity contribution in [2.45, 2.75) is 20.8 Å². The fourth-order valence-electron chi connectivity index (χ4n) is 1.61. The Labute approximate surface area is 114 Å². The maximum atomic E-state index is 12.4. The van der Waals surface area contributed by atoms with Crippen molar-refractivity contribution in [1.82, 2.24) is 15.0 Å². The van der Waals surface area contributed by atoms with Crippen LogP contribution in [0, 0.1) is 5.41 Å². The molecule has 0 aliphatic heterocycles. The van der Waals surface area contributed by atoms with E-state index in [-0.39, 0.29) is 5.78 Å². The molecule has 0 aliphatic carbocycles. The number of aromatic nitrogens is 3. The molecule has 0 saturated heterocycles. The van der Waals surface area contributed by atoms with Crippen LogP contribution in [0.5, 0.6) is 0 Å². The molecule has 2 rings (SSSR count). The van der Waals surface area contributed by atoms with Crippen molar-refractivity contribution in [3.63, 3.8) is 0 Å². The topological polar surface area (TPSA) is 47.8 Å². The second-order valence-corrected chi connectivity index (χ2v) is 5.97. The molecule has 1 aromatic heterocycles. The third-order valence-electron chi connectivity index (χ3n) is 2.52. The summed E-state index contributed by atoms with van der Waals surface area (Å²) in [5.41, 5.74) is 0.874. The third-order valence-corrected chi connectivity index (χ3v) is 3.01. The first-order chi connectivity index (χ1) is 8.39. The van der Waals surface area contributed by atoms with E-state index >= 15 is 0 Å². The van der Waals surface area contributed by atoms with Crippen LogP contribution in [0.15, 0.2) is 35.1 Å². The highest BCUT2D eigenvalue weighted by Gasteiger charge is 2.26. The number of nitrogens with zero attached hydrogens (tertiary/aromatic N) is 3. The van der Waals surface area contributed by atoms with Gasteiger partial charge in [-0.1, -0.05) is 36.7 Å². The van der Waals surface area contributed by atoms with E-state index in [1.54, 1.807) is 12.4 Å². The number of rotatable bonds is 2. The molecule has 1 aromatic carbocycles. The van der Waals surface area contributed by atoms with Crippen molar-refractivity contribution in [3.05, 3.63) is 40.6 Å². The molecule has 94 valence electrons. The molecule has 0 radical (unpaired) electrons. The van der Waals surface area contributed by atoms with E-state index in [0.29, 0.717) is 11.3 Å². The number of ketones is 1. The Balaban J connectivity index is 2.59. The van der Waals surface area contributed by atoms with Crippen molar-refractivity contribution in [3.8, 4) is 5.69 Å². The monoisotopic (exact) mass is 307 g/mol. The normalized spacial score (nSPS) is 11.6. The zero-order valence-corrected chi connectivity index (χ0v) is 12.1. The van der Waals surface area contributed by atoms with Gasteiger partial charge < -0.3 is 0 Å². The van der Waals surface area contributed by atoms with E-state index in [2.05, 4.69) is 26.1 Å². The van der Waals surface area contributed by atoms with Gasteiger partial charge in [-0.3, -0.25) is 4.79 Å². The summed E-state index contributed by atoms with van der Waals surface area (Å²) in [7, 11) is 0. The fraction of sp³-hybridized carbons (Fsp3) is 0.308. The third kappa shape index (κ3) is 2.51. The van der Waals surface area contributed by atoms with Gasteiger partial charge in [-0.25, -0.2) is 0 Å². The maximum Gasteiger partial charge on any atom is 0.170 e. The van der Waals surface area contributed by atoms with Crippen LogP contribution >= 0.6 is 15.9 Å². The molecule has 0 N–H and O–H groups in total. The van der Waals surface area contributed by atoms with E-state index in [1.807, 2.05) is 39.0 Å². The number of Topliss-reactive ketones (excluding diaryl/α,β-unsaturated/α-hetero) is 1. The highest BCUT2D eigenvalue weighted by Crippen LogP contribution is 2.27. The van der Waals surface area contributed by atoms with Crippen LogP contribution in [0.4, 0.5) is 0 Å². The summed E-state index contributed by atoms with van der Waals surface area (Å²) >= 11 is 3.39. The average Bonchev–Trinajstić information content (AvgIpc) is 2.80. The number of carbonyl (C=O) groups excluding carboxylic acids is 1. The molecule has 0 fully saturated rings. The van der Waals surface area contributed by atoms with E-state index in [1.165, 1.54) is 4.80 Å². The first-order valence-electron chi connectivity index (χ1n) is 5.60. The summed E-state index contributed by atoms with van der Waals surface area (Å²) < 4.78 is 0.867. The summed E-state index contributed by atoms with van der Waals surface area (Å²) in [5.74, 6) is 0.0658. The second kappa shape index (κ2) is 4.65. The molecular weight excluding hydrogens is 294 g/mol. The molecule has 0 atom stereocenters. The predicted molar refractivity (Wildman–Crippen MR) is 72.8 cm³/mol. The largest absolute Gasteiger partial charge is 0.294 e. The summed E-state index contributed by atoms with van der Waals surface area (Å²) in [6.07, 6.45) is 3.18. The lowest BCUT2D eigenvalue weighted by Crippen LogP contribution is -2.22. The molecule has 0 bridgehead atoms. The minimum atomic E-state index is -0.442. The van der Waals surface area contributed by atoms with Crippen LogP contribution in [-0.2, 0) is 0 Å². The lowest BCUT2D eigenvalue weighted by molar-refractivity contribution is 0.0858. The number of halogens is 1. The molecule has 5 heteroatoms.